The van der Waals surface area contributed by atoms with Crippen molar-refractivity contribution in [2.75, 3.05) is 0 Å². The first kappa shape index (κ1) is 15.5. The maximum atomic E-state index is 12.3. The monoisotopic (exact) mass is 343 g/mol. The van der Waals surface area contributed by atoms with Crippen LogP contribution in [-0.4, -0.2) is 15.5 Å². The number of rotatable bonds is 3. The van der Waals surface area contributed by atoms with Gasteiger partial charge in [-0.05, 0) is 35.2 Å². The quantitative estimate of drug-likeness (QED) is 0.737. The first-order valence-corrected chi connectivity index (χ1v) is 8.50. The van der Waals surface area contributed by atoms with Gasteiger partial charge in [-0.1, -0.05) is 18.2 Å². The summed E-state index contributed by atoms with van der Waals surface area (Å²) in [5.41, 5.74) is 0.573. The average Bonchev–Trinajstić information content (AvgIpc) is 3.13. The number of ketones is 1. The average molecular weight is 343 g/mol. The number of benzene rings is 1. The summed E-state index contributed by atoms with van der Waals surface area (Å²) >= 11 is 2.63. The minimum absolute atomic E-state index is 0.110. The molecule has 6 heteroatoms. The smallest absolute Gasteiger partial charge is 0.268 e. The number of carbonyl (C=O) groups excluding carboxylic acids is 1. The van der Waals surface area contributed by atoms with Gasteiger partial charge in [-0.15, -0.1) is 22.7 Å². The lowest BCUT2D eigenvalue weighted by atomic mass is 10.2. The zero-order valence-electron chi connectivity index (χ0n) is 12.2. The number of carbonyl (C=O) groups is 1. The largest absolute Gasteiger partial charge is 0.508 e. The Labute approximate surface area is 139 Å². The molecule has 0 aliphatic carbocycles. The Morgan fingerprint density at radius 3 is 2.78 bits per heavy atom. The summed E-state index contributed by atoms with van der Waals surface area (Å²) in [4.78, 5) is 25.1. The number of nitrogens with zero attached hydrogens (tertiary/aromatic N) is 1. The molecular weight excluding hydrogens is 330 g/mol. The lowest BCUT2D eigenvalue weighted by Crippen LogP contribution is -2.29. The highest BCUT2D eigenvalue weighted by molar-refractivity contribution is 7.12. The first-order chi connectivity index (χ1) is 11.0. The molecule has 0 unspecified atom stereocenters. The van der Waals surface area contributed by atoms with Crippen LogP contribution in [0.5, 0.6) is 5.75 Å². The molecule has 2 aromatic heterocycles. The van der Waals surface area contributed by atoms with Crippen molar-refractivity contribution in [1.82, 2.24) is 4.57 Å². The predicted molar refractivity (Wildman–Crippen MR) is 93.6 cm³/mol. The van der Waals surface area contributed by atoms with Crippen molar-refractivity contribution in [3.8, 4) is 5.75 Å². The van der Waals surface area contributed by atoms with E-state index in [1.54, 1.807) is 43.5 Å². The summed E-state index contributed by atoms with van der Waals surface area (Å²) in [6.07, 6.45) is 3.19. The molecule has 23 heavy (non-hydrogen) atoms. The van der Waals surface area contributed by atoms with Crippen LogP contribution >= 0.6 is 22.7 Å². The third-order valence-electron chi connectivity index (χ3n) is 3.25. The zero-order chi connectivity index (χ0) is 16.4. The Kier molecular flexibility index (Phi) is 4.27. The molecule has 116 valence electrons. The van der Waals surface area contributed by atoms with Crippen molar-refractivity contribution in [1.29, 1.82) is 0 Å². The van der Waals surface area contributed by atoms with Crippen molar-refractivity contribution < 1.29 is 9.90 Å². The molecule has 0 aliphatic rings. The fourth-order valence-electron chi connectivity index (χ4n) is 2.08. The minimum atomic E-state index is -0.163. The Morgan fingerprint density at radius 1 is 1.26 bits per heavy atom. The molecule has 0 atom stereocenters. The van der Waals surface area contributed by atoms with Crippen LogP contribution in [-0.2, 0) is 7.05 Å². The van der Waals surface area contributed by atoms with Gasteiger partial charge in [-0.2, -0.15) is 0 Å². The number of hydrogen-bond donors (Lipinski definition) is 1. The molecule has 0 radical (unpaired) electrons. The number of thiophene rings is 1. The summed E-state index contributed by atoms with van der Waals surface area (Å²) in [7, 11) is 1.65. The number of phenols is 1. The van der Waals surface area contributed by atoms with Crippen LogP contribution in [0.2, 0.25) is 0 Å². The van der Waals surface area contributed by atoms with Crippen LogP contribution < -0.4 is 14.8 Å². The summed E-state index contributed by atoms with van der Waals surface area (Å²) < 4.78 is 2.58. The van der Waals surface area contributed by atoms with Crippen LogP contribution in [0.15, 0.2) is 46.6 Å². The van der Waals surface area contributed by atoms with Crippen LogP contribution in [0.4, 0.5) is 0 Å². The van der Waals surface area contributed by atoms with E-state index < -0.39 is 0 Å². The summed E-state index contributed by atoms with van der Waals surface area (Å²) in [5.74, 6) is 0.0348. The van der Waals surface area contributed by atoms with E-state index in [1.165, 1.54) is 33.3 Å². The van der Waals surface area contributed by atoms with E-state index in [1.807, 2.05) is 11.4 Å². The van der Waals surface area contributed by atoms with Gasteiger partial charge in [0, 0.05) is 13.1 Å². The lowest BCUT2D eigenvalue weighted by molar-refractivity contribution is 0.106. The zero-order valence-corrected chi connectivity index (χ0v) is 13.9. The lowest BCUT2D eigenvalue weighted by Gasteiger charge is -1.92. The molecule has 1 aromatic carbocycles. The Hall–Kier alpha value is -2.44. The fraction of sp³-hybridized carbons (Fsp3) is 0.0588. The van der Waals surface area contributed by atoms with Gasteiger partial charge in [-0.3, -0.25) is 9.59 Å². The molecular formula is C17H13NO3S2. The fourth-order valence-corrected chi connectivity index (χ4v) is 3.74. The second kappa shape index (κ2) is 6.36. The highest BCUT2D eigenvalue weighted by Crippen LogP contribution is 2.11. The van der Waals surface area contributed by atoms with E-state index in [-0.39, 0.29) is 17.1 Å². The van der Waals surface area contributed by atoms with E-state index in [4.69, 9.17) is 0 Å². The van der Waals surface area contributed by atoms with Gasteiger partial charge in [0.05, 0.1) is 9.41 Å². The van der Waals surface area contributed by atoms with Crippen molar-refractivity contribution in [3.05, 3.63) is 71.8 Å². The first-order valence-electron chi connectivity index (χ1n) is 6.81. The third kappa shape index (κ3) is 3.33. The number of hydrogen-bond acceptors (Lipinski definition) is 5. The molecule has 0 aliphatic heterocycles. The molecule has 3 rings (SSSR count). The van der Waals surface area contributed by atoms with E-state index in [9.17, 15) is 14.7 Å². The van der Waals surface area contributed by atoms with E-state index in [0.29, 0.717) is 14.1 Å². The summed E-state index contributed by atoms with van der Waals surface area (Å²) in [6.45, 7) is 0. The topological polar surface area (TPSA) is 59.3 Å². The van der Waals surface area contributed by atoms with Crippen molar-refractivity contribution >= 4 is 40.6 Å². The van der Waals surface area contributed by atoms with Gasteiger partial charge in [0.1, 0.15) is 10.4 Å². The standard InChI is InChI=1S/C17H13NO3S2/c1-18-16(10-13(20)14-6-3-7-22-14)23-15(17(18)21)9-11-4-2-5-12(19)8-11/h2-10,19H,1H3/b15-9+,16-10-. The van der Waals surface area contributed by atoms with E-state index in [2.05, 4.69) is 0 Å². The molecule has 3 aromatic rings. The molecule has 0 fully saturated rings. The van der Waals surface area contributed by atoms with Gasteiger partial charge in [0.2, 0.25) is 0 Å². The van der Waals surface area contributed by atoms with E-state index in [0.717, 1.165) is 5.56 Å². The molecule has 4 nitrogen and oxygen atoms in total. The number of aromatic hydroxyl groups is 1. The Morgan fingerprint density at radius 2 is 2.09 bits per heavy atom. The summed E-state index contributed by atoms with van der Waals surface area (Å²) in [5, 5.41) is 11.3. The SMILES string of the molecule is Cn1c(=O)/c(=C\c2cccc(O)c2)s/c1=C\C(=O)c1cccs1. The molecule has 0 saturated heterocycles. The van der Waals surface area contributed by atoms with Crippen molar-refractivity contribution in [2.24, 2.45) is 7.05 Å². The van der Waals surface area contributed by atoms with Crippen LogP contribution in [0.1, 0.15) is 15.2 Å². The Bertz CT molecular complexity index is 1030. The van der Waals surface area contributed by atoms with Crippen LogP contribution in [0, 0.1) is 0 Å². The molecule has 0 bridgehead atoms. The maximum absolute atomic E-state index is 12.3. The van der Waals surface area contributed by atoms with Crippen LogP contribution in [0.3, 0.4) is 0 Å². The second-order valence-corrected chi connectivity index (χ2v) is 6.90. The minimum Gasteiger partial charge on any atom is -0.508 e. The Balaban J connectivity index is 2.09. The van der Waals surface area contributed by atoms with Crippen molar-refractivity contribution in [2.45, 2.75) is 0 Å². The third-order valence-corrected chi connectivity index (χ3v) is 5.24. The maximum Gasteiger partial charge on any atom is 0.268 e. The molecule has 0 amide bonds. The van der Waals surface area contributed by atoms with Gasteiger partial charge < -0.3 is 9.67 Å². The highest BCUT2D eigenvalue weighted by Gasteiger charge is 2.06. The summed E-state index contributed by atoms with van der Waals surface area (Å²) in [6, 6.07) is 10.3. The molecule has 1 N–H and O–H groups in total. The molecule has 0 spiro atoms. The molecule has 2 heterocycles. The second-order valence-electron chi connectivity index (χ2n) is 4.89. The van der Waals surface area contributed by atoms with Crippen LogP contribution in [0.25, 0.3) is 12.2 Å². The number of aromatic nitrogens is 1. The highest BCUT2D eigenvalue weighted by atomic mass is 32.1. The van der Waals surface area contributed by atoms with Gasteiger partial charge in [-0.25, -0.2) is 0 Å². The normalized spacial score (nSPS) is 12.7. The number of thiazole rings is 1. The number of Topliss-reactive ketones (excluding diaryl/α,β-unsaturated/α-hetero) is 1. The molecule has 0 saturated carbocycles. The van der Waals surface area contributed by atoms with Gasteiger partial charge in [0.25, 0.3) is 5.56 Å². The van der Waals surface area contributed by atoms with Gasteiger partial charge >= 0.3 is 0 Å². The van der Waals surface area contributed by atoms with Crippen molar-refractivity contribution in [3.63, 3.8) is 0 Å². The van der Waals surface area contributed by atoms with E-state index >= 15 is 0 Å². The predicted octanol–water partition coefficient (Wildman–Crippen LogP) is 1.71. The number of phenolic OH excluding ortho intramolecular Hbond substituents is 1. The van der Waals surface area contributed by atoms with Gasteiger partial charge in [0.15, 0.2) is 5.78 Å².